The van der Waals surface area contributed by atoms with Crippen molar-refractivity contribution in [1.82, 2.24) is 0 Å². The lowest BCUT2D eigenvalue weighted by Crippen LogP contribution is -2.05. The lowest BCUT2D eigenvalue weighted by atomic mass is 9.98. The summed E-state index contributed by atoms with van der Waals surface area (Å²) in [6, 6.07) is 20.1. The molecule has 0 fully saturated rings. The second kappa shape index (κ2) is 6.28. The van der Waals surface area contributed by atoms with E-state index < -0.39 is 0 Å². The molecule has 0 aliphatic carbocycles. The zero-order valence-corrected chi connectivity index (χ0v) is 14.9. The van der Waals surface area contributed by atoms with Crippen LogP contribution in [-0.2, 0) is 6.42 Å². The molecule has 0 unspecified atom stereocenters. The van der Waals surface area contributed by atoms with Gasteiger partial charge in [-0.2, -0.15) is 0 Å². The molecule has 0 aliphatic heterocycles. The Morgan fingerprint density at radius 3 is 2.62 bits per heavy atom. The van der Waals surface area contributed by atoms with Gasteiger partial charge in [0.2, 0.25) is 0 Å². The first-order valence-electron chi connectivity index (χ1n) is 6.60. The normalized spacial score (nSPS) is 10.8. The maximum Gasteiger partial charge on any atom is 0.168 e. The van der Waals surface area contributed by atoms with Gasteiger partial charge in [0.05, 0.1) is 0 Å². The molecule has 3 heteroatoms. The zero-order chi connectivity index (χ0) is 14.8. The molecule has 0 radical (unpaired) electrons. The summed E-state index contributed by atoms with van der Waals surface area (Å²) in [6.45, 7) is 0. The molecule has 0 aromatic heterocycles. The van der Waals surface area contributed by atoms with Gasteiger partial charge < -0.3 is 0 Å². The van der Waals surface area contributed by atoms with E-state index in [2.05, 4.69) is 56.7 Å². The van der Waals surface area contributed by atoms with Crippen LogP contribution < -0.4 is 0 Å². The van der Waals surface area contributed by atoms with Crippen LogP contribution in [0.5, 0.6) is 0 Å². The van der Waals surface area contributed by atoms with Gasteiger partial charge in [-0.3, -0.25) is 4.79 Å². The zero-order valence-electron chi connectivity index (χ0n) is 11.1. The van der Waals surface area contributed by atoms with Crippen LogP contribution in [0.4, 0.5) is 0 Å². The van der Waals surface area contributed by atoms with E-state index in [1.165, 1.54) is 5.39 Å². The Balaban J connectivity index is 1.99. The maximum absolute atomic E-state index is 12.6. The monoisotopic (exact) mass is 450 g/mol. The van der Waals surface area contributed by atoms with Crippen molar-refractivity contribution in [1.29, 1.82) is 0 Å². The van der Waals surface area contributed by atoms with E-state index in [0.717, 1.165) is 24.6 Å². The predicted octanol–water partition coefficient (Wildman–Crippen LogP) is 5.63. The Hall–Kier alpha value is -1.20. The summed E-state index contributed by atoms with van der Waals surface area (Å²) in [6.07, 6.45) is 0.417. The van der Waals surface area contributed by atoms with E-state index in [1.807, 2.05) is 42.5 Å². The Kier molecular flexibility index (Phi) is 4.40. The number of carbonyl (C=O) groups excluding carboxylic acids is 1. The molecule has 21 heavy (non-hydrogen) atoms. The minimum absolute atomic E-state index is 0.136. The third-order valence-electron chi connectivity index (χ3n) is 3.46. The highest BCUT2D eigenvalue weighted by Crippen LogP contribution is 2.24. The molecule has 0 bridgehead atoms. The fourth-order valence-electron chi connectivity index (χ4n) is 2.43. The second-order valence-electron chi connectivity index (χ2n) is 4.86. The standard InChI is InChI=1S/C18H12BrIO/c19-17-9-8-14(20)11-16(17)18(21)10-13-6-3-5-12-4-1-2-7-15(12)13/h1-9,11H,10H2. The van der Waals surface area contributed by atoms with E-state index in [9.17, 15) is 4.79 Å². The number of halogens is 2. The Labute approximate surface area is 145 Å². The van der Waals surface area contributed by atoms with Crippen LogP contribution in [0.3, 0.4) is 0 Å². The van der Waals surface area contributed by atoms with Crippen LogP contribution in [0.15, 0.2) is 65.1 Å². The highest BCUT2D eigenvalue weighted by Gasteiger charge is 2.13. The van der Waals surface area contributed by atoms with Gasteiger partial charge in [0.25, 0.3) is 0 Å². The number of carbonyl (C=O) groups is 1. The molecule has 0 amide bonds. The van der Waals surface area contributed by atoms with Crippen LogP contribution in [0.1, 0.15) is 15.9 Å². The van der Waals surface area contributed by atoms with E-state index in [4.69, 9.17) is 0 Å². The summed E-state index contributed by atoms with van der Waals surface area (Å²) in [5, 5.41) is 2.32. The molecular formula is C18H12BrIO. The van der Waals surface area contributed by atoms with E-state index in [1.54, 1.807) is 0 Å². The highest BCUT2D eigenvalue weighted by molar-refractivity contribution is 14.1. The molecule has 3 aromatic rings. The van der Waals surface area contributed by atoms with Gasteiger partial charge in [-0.15, -0.1) is 0 Å². The highest BCUT2D eigenvalue weighted by atomic mass is 127. The Morgan fingerprint density at radius 1 is 1.00 bits per heavy atom. The number of rotatable bonds is 3. The van der Waals surface area contributed by atoms with Crippen LogP contribution in [0.2, 0.25) is 0 Å². The van der Waals surface area contributed by atoms with Gasteiger partial charge in [0.15, 0.2) is 5.78 Å². The van der Waals surface area contributed by atoms with Crippen molar-refractivity contribution in [3.63, 3.8) is 0 Å². The summed E-state index contributed by atoms with van der Waals surface area (Å²) in [7, 11) is 0. The number of benzene rings is 3. The number of hydrogen-bond donors (Lipinski definition) is 0. The Bertz CT molecular complexity index is 821. The number of Topliss-reactive ketones (excluding diaryl/α,β-unsaturated/α-hetero) is 1. The van der Waals surface area contributed by atoms with Gasteiger partial charge >= 0.3 is 0 Å². The topological polar surface area (TPSA) is 17.1 Å². The molecule has 0 N–H and O–H groups in total. The summed E-state index contributed by atoms with van der Waals surface area (Å²) in [5.74, 6) is 0.136. The quantitative estimate of drug-likeness (QED) is 0.373. The summed E-state index contributed by atoms with van der Waals surface area (Å²) in [5.41, 5.74) is 1.82. The van der Waals surface area contributed by atoms with Crippen LogP contribution in [-0.4, -0.2) is 5.78 Å². The number of hydrogen-bond acceptors (Lipinski definition) is 1. The average Bonchev–Trinajstić information content (AvgIpc) is 2.50. The summed E-state index contributed by atoms with van der Waals surface area (Å²) in [4.78, 5) is 12.6. The van der Waals surface area contributed by atoms with Gasteiger partial charge in [0, 0.05) is 20.0 Å². The molecule has 3 aromatic carbocycles. The molecular weight excluding hydrogens is 439 g/mol. The van der Waals surface area contributed by atoms with Crippen molar-refractivity contribution in [3.05, 3.63) is 79.8 Å². The van der Waals surface area contributed by atoms with E-state index in [-0.39, 0.29) is 5.78 Å². The van der Waals surface area contributed by atoms with Crippen molar-refractivity contribution in [2.45, 2.75) is 6.42 Å². The lowest BCUT2D eigenvalue weighted by Gasteiger charge is -2.08. The van der Waals surface area contributed by atoms with Crippen molar-refractivity contribution >= 4 is 55.1 Å². The minimum atomic E-state index is 0.136. The second-order valence-corrected chi connectivity index (χ2v) is 6.96. The molecule has 1 nitrogen and oxygen atoms in total. The average molecular weight is 451 g/mol. The first-order valence-corrected chi connectivity index (χ1v) is 8.47. The SMILES string of the molecule is O=C(Cc1cccc2ccccc12)c1cc(I)ccc1Br. The van der Waals surface area contributed by atoms with Crippen molar-refractivity contribution < 1.29 is 4.79 Å². The molecule has 0 saturated carbocycles. The maximum atomic E-state index is 12.6. The molecule has 0 aliphatic rings. The summed E-state index contributed by atoms with van der Waals surface area (Å²) >= 11 is 5.70. The summed E-state index contributed by atoms with van der Waals surface area (Å²) < 4.78 is 1.92. The smallest absolute Gasteiger partial charge is 0.168 e. The fraction of sp³-hybridized carbons (Fsp3) is 0.0556. The minimum Gasteiger partial charge on any atom is -0.294 e. The fourth-order valence-corrected chi connectivity index (χ4v) is 3.38. The third-order valence-corrected chi connectivity index (χ3v) is 4.82. The van der Waals surface area contributed by atoms with Crippen molar-refractivity contribution in [2.75, 3.05) is 0 Å². The first kappa shape index (κ1) is 14.7. The lowest BCUT2D eigenvalue weighted by molar-refractivity contribution is 0.0992. The van der Waals surface area contributed by atoms with Crippen molar-refractivity contribution in [2.24, 2.45) is 0 Å². The molecule has 0 atom stereocenters. The van der Waals surface area contributed by atoms with E-state index in [0.29, 0.717) is 6.42 Å². The number of ketones is 1. The van der Waals surface area contributed by atoms with Crippen LogP contribution in [0.25, 0.3) is 10.8 Å². The third kappa shape index (κ3) is 3.19. The Morgan fingerprint density at radius 2 is 1.76 bits per heavy atom. The van der Waals surface area contributed by atoms with E-state index >= 15 is 0 Å². The predicted molar refractivity (Wildman–Crippen MR) is 98.8 cm³/mol. The molecule has 0 heterocycles. The van der Waals surface area contributed by atoms with Crippen LogP contribution in [0, 0.1) is 3.57 Å². The largest absolute Gasteiger partial charge is 0.294 e. The number of fused-ring (bicyclic) bond motifs is 1. The van der Waals surface area contributed by atoms with Crippen molar-refractivity contribution in [3.8, 4) is 0 Å². The molecule has 0 saturated heterocycles. The molecule has 3 rings (SSSR count). The van der Waals surface area contributed by atoms with Gasteiger partial charge in [-0.25, -0.2) is 0 Å². The first-order chi connectivity index (χ1) is 10.1. The van der Waals surface area contributed by atoms with Gasteiger partial charge in [0.1, 0.15) is 0 Å². The molecule has 0 spiro atoms. The van der Waals surface area contributed by atoms with Gasteiger partial charge in [-0.1, -0.05) is 58.4 Å². The van der Waals surface area contributed by atoms with Crippen LogP contribution >= 0.6 is 38.5 Å². The molecule has 104 valence electrons. The van der Waals surface area contributed by atoms with Gasteiger partial charge in [-0.05, 0) is 57.1 Å².